The third-order valence-electron chi connectivity index (χ3n) is 3.73. The summed E-state index contributed by atoms with van der Waals surface area (Å²) >= 11 is 0. The van der Waals surface area contributed by atoms with Gasteiger partial charge in [-0.15, -0.1) is 0 Å². The van der Waals surface area contributed by atoms with Gasteiger partial charge in [0.05, 0.1) is 17.8 Å². The van der Waals surface area contributed by atoms with E-state index in [0.717, 1.165) is 6.20 Å². The second-order valence-corrected chi connectivity index (χ2v) is 5.78. The van der Waals surface area contributed by atoms with E-state index in [9.17, 15) is 22.8 Å². The van der Waals surface area contributed by atoms with Crippen LogP contribution in [0.3, 0.4) is 0 Å². The van der Waals surface area contributed by atoms with Crippen LogP contribution in [0.4, 0.5) is 24.7 Å². The van der Waals surface area contributed by atoms with Crippen molar-refractivity contribution in [1.29, 1.82) is 0 Å². The molecule has 0 aliphatic carbocycles. The van der Waals surface area contributed by atoms with E-state index >= 15 is 0 Å². The zero-order valence-electron chi connectivity index (χ0n) is 13.2. The van der Waals surface area contributed by atoms with Crippen LogP contribution in [0.1, 0.15) is 6.42 Å². The molecule has 0 radical (unpaired) electrons. The maximum atomic E-state index is 12.4. The van der Waals surface area contributed by atoms with Crippen molar-refractivity contribution < 1.29 is 22.8 Å². The lowest BCUT2D eigenvalue weighted by molar-refractivity contribution is -0.142. The number of nitrogens with zero attached hydrogens (tertiary/aromatic N) is 5. The predicted octanol–water partition coefficient (Wildman–Crippen LogP) is 1.17. The first kappa shape index (κ1) is 17.0. The Morgan fingerprint density at radius 1 is 1.44 bits per heavy atom. The van der Waals surface area contributed by atoms with E-state index in [0.29, 0.717) is 10.5 Å². The van der Waals surface area contributed by atoms with Crippen LogP contribution in [-0.2, 0) is 23.2 Å². The highest BCUT2D eigenvalue weighted by Gasteiger charge is 2.36. The normalized spacial score (nSPS) is 18.0. The van der Waals surface area contributed by atoms with Crippen LogP contribution in [0.5, 0.6) is 0 Å². The van der Waals surface area contributed by atoms with Crippen LogP contribution in [0, 0.1) is 5.92 Å². The van der Waals surface area contributed by atoms with Gasteiger partial charge >= 0.3 is 6.18 Å². The molecule has 25 heavy (non-hydrogen) atoms. The average Bonchev–Trinajstić information content (AvgIpc) is 3.18. The second-order valence-electron chi connectivity index (χ2n) is 5.78. The Hall–Kier alpha value is -2.85. The van der Waals surface area contributed by atoms with Crippen molar-refractivity contribution in [3.05, 3.63) is 24.7 Å². The number of carbonyl (C=O) groups is 2. The fourth-order valence-electron chi connectivity index (χ4n) is 2.60. The van der Waals surface area contributed by atoms with Crippen molar-refractivity contribution in [2.45, 2.75) is 19.1 Å². The third-order valence-corrected chi connectivity index (χ3v) is 3.73. The molecule has 0 spiro atoms. The van der Waals surface area contributed by atoms with Gasteiger partial charge in [0.2, 0.25) is 11.8 Å². The van der Waals surface area contributed by atoms with Gasteiger partial charge in [0.15, 0.2) is 5.82 Å². The molecule has 8 nitrogen and oxygen atoms in total. The van der Waals surface area contributed by atoms with Crippen LogP contribution in [-0.4, -0.2) is 44.1 Å². The van der Waals surface area contributed by atoms with Crippen LogP contribution < -0.4 is 10.2 Å². The molecular weight excluding hydrogens is 341 g/mol. The predicted molar refractivity (Wildman–Crippen MR) is 80.6 cm³/mol. The van der Waals surface area contributed by atoms with Crippen LogP contribution in [0.25, 0.3) is 0 Å². The largest absolute Gasteiger partial charge is 0.408 e. The van der Waals surface area contributed by atoms with Gasteiger partial charge in [-0.3, -0.25) is 19.0 Å². The molecule has 11 heteroatoms. The Morgan fingerprint density at radius 2 is 2.20 bits per heavy atom. The highest BCUT2D eigenvalue weighted by atomic mass is 19.4. The molecule has 1 aliphatic heterocycles. The monoisotopic (exact) mass is 356 g/mol. The minimum Gasteiger partial charge on any atom is -0.309 e. The third kappa shape index (κ3) is 3.98. The van der Waals surface area contributed by atoms with E-state index in [1.54, 1.807) is 19.3 Å². The molecule has 1 saturated heterocycles. The number of aromatic nitrogens is 4. The van der Waals surface area contributed by atoms with Crippen molar-refractivity contribution in [2.24, 2.45) is 13.0 Å². The smallest absolute Gasteiger partial charge is 0.309 e. The number of anilines is 2. The van der Waals surface area contributed by atoms with E-state index < -0.39 is 18.6 Å². The molecule has 3 rings (SSSR count). The van der Waals surface area contributed by atoms with Crippen molar-refractivity contribution >= 4 is 23.3 Å². The molecule has 1 fully saturated rings. The molecule has 0 saturated carbocycles. The molecule has 1 atom stereocenters. The molecule has 134 valence electrons. The van der Waals surface area contributed by atoms with Gasteiger partial charge in [0, 0.05) is 38.5 Å². The van der Waals surface area contributed by atoms with Gasteiger partial charge in [-0.25, -0.2) is 0 Å². The molecule has 1 N–H and O–H groups in total. The molecule has 2 aromatic rings. The molecule has 3 heterocycles. The zero-order valence-corrected chi connectivity index (χ0v) is 13.2. The van der Waals surface area contributed by atoms with Crippen LogP contribution in [0.15, 0.2) is 24.7 Å². The standard InChI is InChI=1S/C14H15F3N6O2/c1-21-3-2-11(20-21)19-13(25)9-4-12(24)23(6-9)10-5-18-22(7-10)8-14(15,16)17/h2-3,5,7,9H,4,6,8H2,1H3,(H,19,20,25)/t9-/m0/s1. The molecule has 0 unspecified atom stereocenters. The number of alkyl halides is 3. The van der Waals surface area contributed by atoms with E-state index in [1.807, 2.05) is 0 Å². The number of halogens is 3. The van der Waals surface area contributed by atoms with Crippen LogP contribution >= 0.6 is 0 Å². The number of hydrogen-bond donors (Lipinski definition) is 1. The molecular formula is C14H15F3N6O2. The molecule has 0 bridgehead atoms. The maximum Gasteiger partial charge on any atom is 0.408 e. The average molecular weight is 356 g/mol. The highest BCUT2D eigenvalue weighted by Crippen LogP contribution is 2.26. The summed E-state index contributed by atoms with van der Waals surface area (Å²) in [7, 11) is 1.70. The first-order valence-corrected chi connectivity index (χ1v) is 7.41. The van der Waals surface area contributed by atoms with Crippen molar-refractivity contribution in [1.82, 2.24) is 19.6 Å². The van der Waals surface area contributed by atoms with Gasteiger partial charge in [0.1, 0.15) is 6.54 Å². The summed E-state index contributed by atoms with van der Waals surface area (Å²) in [5, 5.41) is 10.2. The molecule has 2 amide bonds. The summed E-state index contributed by atoms with van der Waals surface area (Å²) < 4.78 is 39.4. The Morgan fingerprint density at radius 3 is 2.84 bits per heavy atom. The van der Waals surface area contributed by atoms with E-state index in [2.05, 4.69) is 15.5 Å². The van der Waals surface area contributed by atoms with Crippen molar-refractivity contribution in [3.8, 4) is 0 Å². The Labute approximate surface area is 140 Å². The zero-order chi connectivity index (χ0) is 18.2. The topological polar surface area (TPSA) is 85.0 Å². The number of amides is 2. The Kier molecular flexibility index (Phi) is 4.23. The van der Waals surface area contributed by atoms with Crippen LogP contribution in [0.2, 0.25) is 0 Å². The summed E-state index contributed by atoms with van der Waals surface area (Å²) in [5.74, 6) is -0.943. The summed E-state index contributed by atoms with van der Waals surface area (Å²) in [6.07, 6.45) is -0.434. The number of nitrogens with one attached hydrogen (secondary N) is 1. The highest BCUT2D eigenvalue weighted by molar-refractivity contribution is 6.03. The molecule has 2 aromatic heterocycles. The number of rotatable bonds is 4. The van der Waals surface area contributed by atoms with Gasteiger partial charge in [0.25, 0.3) is 0 Å². The number of hydrogen-bond acceptors (Lipinski definition) is 4. The molecule has 1 aliphatic rings. The summed E-state index contributed by atoms with van der Waals surface area (Å²) in [5.41, 5.74) is 0.238. The summed E-state index contributed by atoms with van der Waals surface area (Å²) in [4.78, 5) is 25.6. The summed E-state index contributed by atoms with van der Waals surface area (Å²) in [6, 6.07) is 1.62. The lowest BCUT2D eigenvalue weighted by Gasteiger charge is -2.14. The first-order chi connectivity index (χ1) is 11.7. The van der Waals surface area contributed by atoms with Gasteiger partial charge in [-0.05, 0) is 0 Å². The lowest BCUT2D eigenvalue weighted by atomic mass is 10.1. The van der Waals surface area contributed by atoms with Gasteiger partial charge in [-0.2, -0.15) is 23.4 Å². The Bertz CT molecular complexity index is 797. The quantitative estimate of drug-likeness (QED) is 0.891. The minimum absolute atomic E-state index is 0.0247. The summed E-state index contributed by atoms with van der Waals surface area (Å²) in [6.45, 7) is -1.16. The second kappa shape index (κ2) is 6.22. The maximum absolute atomic E-state index is 12.4. The first-order valence-electron chi connectivity index (χ1n) is 7.41. The molecule has 0 aromatic carbocycles. The lowest BCUT2D eigenvalue weighted by Crippen LogP contribution is -2.28. The van der Waals surface area contributed by atoms with Crippen molar-refractivity contribution in [2.75, 3.05) is 16.8 Å². The minimum atomic E-state index is -4.40. The number of aryl methyl sites for hydroxylation is 1. The van der Waals surface area contributed by atoms with Gasteiger partial charge in [-0.1, -0.05) is 0 Å². The van der Waals surface area contributed by atoms with E-state index in [-0.39, 0.29) is 30.5 Å². The van der Waals surface area contributed by atoms with Gasteiger partial charge < -0.3 is 10.2 Å². The van der Waals surface area contributed by atoms with E-state index in [1.165, 1.54) is 15.8 Å². The fraction of sp³-hybridized carbons (Fsp3) is 0.429. The Balaban J connectivity index is 1.65. The van der Waals surface area contributed by atoms with Crippen molar-refractivity contribution in [3.63, 3.8) is 0 Å². The number of carbonyl (C=O) groups excluding carboxylic acids is 2. The van der Waals surface area contributed by atoms with E-state index in [4.69, 9.17) is 0 Å². The fourth-order valence-corrected chi connectivity index (χ4v) is 2.60. The SMILES string of the molecule is Cn1ccc(NC(=O)[C@H]2CC(=O)N(c3cnn(CC(F)(F)F)c3)C2)n1.